The van der Waals surface area contributed by atoms with Crippen LogP contribution in [0.15, 0.2) is 30.5 Å². The highest BCUT2D eigenvalue weighted by Gasteiger charge is 2.47. The number of hydrogen-bond donors (Lipinski definition) is 1. The van der Waals surface area contributed by atoms with E-state index < -0.39 is 21.7 Å². The number of halogens is 2. The Balaban J connectivity index is 1.51. The molecule has 1 amide bonds. The number of aromatic nitrogens is 1. The van der Waals surface area contributed by atoms with Crippen molar-refractivity contribution in [2.75, 3.05) is 19.3 Å². The maximum atomic E-state index is 14.5. The number of hydrogen-bond acceptors (Lipinski definition) is 4. The van der Waals surface area contributed by atoms with Crippen molar-refractivity contribution < 1.29 is 22.0 Å². The van der Waals surface area contributed by atoms with E-state index in [1.54, 1.807) is 24.1 Å². The predicted octanol–water partition coefficient (Wildman–Crippen LogP) is 3.37. The third kappa shape index (κ3) is 4.99. The van der Waals surface area contributed by atoms with Gasteiger partial charge in [0, 0.05) is 36.9 Å². The van der Waals surface area contributed by atoms with Crippen molar-refractivity contribution in [3.8, 4) is 11.1 Å². The molecule has 1 saturated carbocycles. The van der Waals surface area contributed by atoms with Gasteiger partial charge in [-0.1, -0.05) is 6.07 Å². The number of aryl methyl sites for hydroxylation is 1. The minimum Gasteiger partial charge on any atom is -0.342 e. The van der Waals surface area contributed by atoms with Crippen LogP contribution in [0.2, 0.25) is 0 Å². The molecular weight excluding hydrogens is 436 g/mol. The van der Waals surface area contributed by atoms with Crippen LogP contribution in [0.3, 0.4) is 0 Å². The lowest BCUT2D eigenvalue weighted by molar-refractivity contribution is -0.132. The predicted molar refractivity (Wildman–Crippen MR) is 117 cm³/mol. The summed E-state index contributed by atoms with van der Waals surface area (Å²) in [7, 11) is -3.29. The number of benzene rings is 1. The van der Waals surface area contributed by atoms with Gasteiger partial charge in [0.15, 0.2) is 0 Å². The molecule has 3 atom stereocenters. The highest BCUT2D eigenvalue weighted by atomic mass is 32.2. The lowest BCUT2D eigenvalue weighted by Gasteiger charge is -2.21. The second-order valence-electron chi connectivity index (χ2n) is 8.80. The van der Waals surface area contributed by atoms with Gasteiger partial charge in [-0.15, -0.1) is 0 Å². The molecule has 1 N–H and O–H groups in total. The molecule has 1 aromatic heterocycles. The van der Waals surface area contributed by atoms with Crippen molar-refractivity contribution in [2.24, 2.45) is 5.92 Å². The van der Waals surface area contributed by atoms with Gasteiger partial charge in [-0.25, -0.2) is 21.9 Å². The maximum absolute atomic E-state index is 14.5. The number of rotatable bonds is 5. The van der Waals surface area contributed by atoms with Gasteiger partial charge in [-0.05, 0) is 67.9 Å². The monoisotopic (exact) mass is 463 g/mol. The molecular formula is C23H27F2N3O3S. The van der Waals surface area contributed by atoms with Gasteiger partial charge < -0.3 is 4.90 Å². The van der Waals surface area contributed by atoms with E-state index in [1.807, 2.05) is 0 Å². The minimum atomic E-state index is -3.29. The summed E-state index contributed by atoms with van der Waals surface area (Å²) in [5.74, 6) is -1.67. The molecule has 2 aromatic rings. The van der Waals surface area contributed by atoms with E-state index in [1.165, 1.54) is 18.2 Å². The third-order valence-corrected chi connectivity index (χ3v) is 6.99. The Hall–Kier alpha value is -2.39. The van der Waals surface area contributed by atoms with E-state index >= 15 is 0 Å². The van der Waals surface area contributed by atoms with Crippen molar-refractivity contribution in [1.82, 2.24) is 14.6 Å². The van der Waals surface area contributed by atoms with E-state index in [0.29, 0.717) is 55.6 Å². The van der Waals surface area contributed by atoms with E-state index in [4.69, 9.17) is 0 Å². The normalized spacial score (nSPS) is 23.6. The zero-order valence-corrected chi connectivity index (χ0v) is 19.0. The van der Waals surface area contributed by atoms with E-state index in [2.05, 4.69) is 9.71 Å². The number of likely N-dealkylation sites (tertiary alicyclic amines) is 1. The van der Waals surface area contributed by atoms with Crippen molar-refractivity contribution >= 4 is 15.9 Å². The van der Waals surface area contributed by atoms with Crippen LogP contribution < -0.4 is 4.72 Å². The Kier molecular flexibility index (Phi) is 6.31. The number of carbonyl (C=O) groups excluding carboxylic acids is 1. The Morgan fingerprint density at radius 2 is 1.91 bits per heavy atom. The van der Waals surface area contributed by atoms with Crippen LogP contribution in [-0.2, 0) is 14.8 Å². The van der Waals surface area contributed by atoms with Crippen molar-refractivity contribution in [1.29, 1.82) is 0 Å². The zero-order chi connectivity index (χ0) is 23.0. The number of amides is 1. The summed E-state index contributed by atoms with van der Waals surface area (Å²) in [5, 5.41) is 0. The molecule has 1 aromatic carbocycles. The average molecular weight is 464 g/mol. The van der Waals surface area contributed by atoms with Crippen LogP contribution >= 0.6 is 0 Å². The molecule has 0 unspecified atom stereocenters. The van der Waals surface area contributed by atoms with Gasteiger partial charge in [-0.2, -0.15) is 0 Å². The van der Waals surface area contributed by atoms with Crippen molar-refractivity contribution in [2.45, 2.75) is 44.6 Å². The standard InChI is InChI=1S/C23H27F2N3O3S/c1-14-11-17(22-20(24)6-3-7-21(22)25)19(13-26-14)16-12-18(16)23(29)28-9-4-5-15(8-10-28)27-32(2,30)31/h3,6-7,11,13,15-16,18,27H,4-5,8-10,12H2,1-2H3/t15-,16+,18+/m0/s1. The quantitative estimate of drug-likeness (QED) is 0.738. The fourth-order valence-corrected chi connectivity index (χ4v) is 5.46. The summed E-state index contributed by atoms with van der Waals surface area (Å²) in [4.78, 5) is 19.3. The molecule has 1 saturated heterocycles. The first-order valence-electron chi connectivity index (χ1n) is 10.8. The molecule has 2 fully saturated rings. The Morgan fingerprint density at radius 3 is 2.59 bits per heavy atom. The van der Waals surface area contributed by atoms with E-state index in [0.717, 1.165) is 6.26 Å². The molecule has 6 nitrogen and oxygen atoms in total. The number of nitrogens with one attached hydrogen (secondary N) is 1. The van der Waals surface area contributed by atoms with Crippen LogP contribution in [-0.4, -0.2) is 49.6 Å². The van der Waals surface area contributed by atoms with Crippen LogP contribution in [0.1, 0.15) is 42.9 Å². The minimum absolute atomic E-state index is 0.00976. The molecule has 0 radical (unpaired) electrons. The summed E-state index contributed by atoms with van der Waals surface area (Å²) >= 11 is 0. The van der Waals surface area contributed by atoms with Gasteiger partial charge in [0.25, 0.3) is 0 Å². The Labute approximate surface area is 187 Å². The number of pyridine rings is 1. The molecule has 4 rings (SSSR count). The highest BCUT2D eigenvalue weighted by molar-refractivity contribution is 7.88. The molecule has 2 heterocycles. The molecule has 172 valence electrons. The van der Waals surface area contributed by atoms with Gasteiger partial charge in [0.05, 0.1) is 11.8 Å². The zero-order valence-electron chi connectivity index (χ0n) is 18.1. The molecule has 0 bridgehead atoms. The molecule has 0 spiro atoms. The fourth-order valence-electron chi connectivity index (χ4n) is 4.62. The Bertz CT molecular complexity index is 1120. The van der Waals surface area contributed by atoms with Crippen LogP contribution in [0.25, 0.3) is 11.1 Å². The number of carbonyl (C=O) groups is 1. The van der Waals surface area contributed by atoms with Crippen molar-refractivity contribution in [3.63, 3.8) is 0 Å². The van der Waals surface area contributed by atoms with Gasteiger partial charge in [0.1, 0.15) is 11.6 Å². The summed E-state index contributed by atoms with van der Waals surface area (Å²) in [6.07, 6.45) is 5.34. The number of nitrogens with zero attached hydrogens (tertiary/aromatic N) is 2. The van der Waals surface area contributed by atoms with Crippen molar-refractivity contribution in [3.05, 3.63) is 53.4 Å². The van der Waals surface area contributed by atoms with Crippen LogP contribution in [0, 0.1) is 24.5 Å². The van der Waals surface area contributed by atoms with Crippen LogP contribution in [0.5, 0.6) is 0 Å². The maximum Gasteiger partial charge on any atom is 0.226 e. The summed E-state index contributed by atoms with van der Waals surface area (Å²) in [6, 6.07) is 5.28. The van der Waals surface area contributed by atoms with Crippen LogP contribution in [0.4, 0.5) is 8.78 Å². The van der Waals surface area contributed by atoms with E-state index in [-0.39, 0.29) is 29.3 Å². The highest BCUT2D eigenvalue weighted by Crippen LogP contribution is 2.51. The first-order chi connectivity index (χ1) is 15.1. The van der Waals surface area contributed by atoms with E-state index in [9.17, 15) is 22.0 Å². The lowest BCUT2D eigenvalue weighted by Crippen LogP contribution is -2.36. The lowest BCUT2D eigenvalue weighted by atomic mass is 9.96. The van der Waals surface area contributed by atoms with Gasteiger partial charge in [0.2, 0.25) is 15.9 Å². The third-order valence-electron chi connectivity index (χ3n) is 6.23. The molecule has 2 aliphatic rings. The molecule has 1 aliphatic carbocycles. The first kappa shape index (κ1) is 22.8. The second-order valence-corrected chi connectivity index (χ2v) is 10.6. The number of sulfonamides is 1. The average Bonchev–Trinajstić information content (AvgIpc) is 3.51. The molecule has 9 heteroatoms. The Morgan fingerprint density at radius 1 is 1.19 bits per heavy atom. The van der Waals surface area contributed by atoms with Gasteiger partial charge >= 0.3 is 0 Å². The summed E-state index contributed by atoms with van der Waals surface area (Å²) in [5.41, 5.74) is 1.69. The summed E-state index contributed by atoms with van der Waals surface area (Å²) < 4.78 is 54.6. The van der Waals surface area contributed by atoms with Gasteiger partial charge in [-0.3, -0.25) is 9.78 Å². The smallest absolute Gasteiger partial charge is 0.226 e. The molecule has 1 aliphatic heterocycles. The topological polar surface area (TPSA) is 79.4 Å². The molecule has 32 heavy (non-hydrogen) atoms. The summed E-state index contributed by atoms with van der Waals surface area (Å²) in [6.45, 7) is 2.82. The second kappa shape index (κ2) is 8.86. The SMILES string of the molecule is Cc1cc(-c2c(F)cccc2F)c([C@@H]2C[C@H]2C(=O)N2CCC[C@H](NS(C)(=O)=O)CC2)cn1. The largest absolute Gasteiger partial charge is 0.342 e. The first-order valence-corrected chi connectivity index (χ1v) is 12.7. The fraction of sp³-hybridized carbons (Fsp3) is 0.478.